The van der Waals surface area contributed by atoms with Crippen LogP contribution in [0.15, 0.2) is 16.7 Å². The molecule has 1 aliphatic rings. The predicted molar refractivity (Wildman–Crippen MR) is 64.2 cm³/mol. The van der Waals surface area contributed by atoms with E-state index >= 15 is 0 Å². The van der Waals surface area contributed by atoms with Crippen molar-refractivity contribution in [2.24, 2.45) is 0 Å². The summed E-state index contributed by atoms with van der Waals surface area (Å²) < 4.78 is 6.26. The highest BCUT2D eigenvalue weighted by atomic mass is 79.9. The number of hydrogen-bond donors (Lipinski definition) is 0. The lowest BCUT2D eigenvalue weighted by atomic mass is 10.2. The fraction of sp³-hybridized carbons (Fsp3) is 0.455. The summed E-state index contributed by atoms with van der Waals surface area (Å²) in [5, 5.41) is 8.84. The van der Waals surface area contributed by atoms with Crippen LogP contribution in [0.25, 0.3) is 0 Å². The lowest BCUT2D eigenvalue weighted by Crippen LogP contribution is -2.42. The van der Waals surface area contributed by atoms with E-state index in [1.54, 1.807) is 0 Å². The van der Waals surface area contributed by atoms with Gasteiger partial charge in [0.25, 0.3) is 0 Å². The second kappa shape index (κ2) is 4.81. The van der Waals surface area contributed by atoms with Crippen molar-refractivity contribution in [2.75, 3.05) is 24.6 Å². The predicted octanol–water partition coefficient (Wildman–Crippen LogP) is 1.88. The number of nitriles is 1. The zero-order valence-corrected chi connectivity index (χ0v) is 10.6. The Morgan fingerprint density at radius 2 is 2.50 bits per heavy atom. The van der Waals surface area contributed by atoms with Crippen molar-refractivity contribution in [2.45, 2.75) is 13.0 Å². The van der Waals surface area contributed by atoms with Crippen LogP contribution in [0.1, 0.15) is 5.56 Å². The van der Waals surface area contributed by atoms with E-state index in [2.05, 4.69) is 31.9 Å². The Hall–Kier alpha value is -1.12. The van der Waals surface area contributed by atoms with Crippen LogP contribution in [0, 0.1) is 18.3 Å². The molecule has 1 saturated heterocycles. The van der Waals surface area contributed by atoms with Gasteiger partial charge in [0.1, 0.15) is 5.82 Å². The maximum Gasteiger partial charge on any atom is 0.161 e. The molecule has 0 radical (unpaired) electrons. The maximum absolute atomic E-state index is 8.84. The highest BCUT2D eigenvalue weighted by Gasteiger charge is 2.22. The van der Waals surface area contributed by atoms with Gasteiger partial charge in [-0.3, -0.25) is 0 Å². The van der Waals surface area contributed by atoms with Gasteiger partial charge in [0.05, 0.1) is 23.7 Å². The van der Waals surface area contributed by atoms with Crippen LogP contribution >= 0.6 is 15.9 Å². The molecule has 4 nitrogen and oxygen atoms in total. The Bertz CT molecular complexity index is 430. The highest BCUT2D eigenvalue weighted by Crippen LogP contribution is 2.25. The monoisotopic (exact) mass is 281 g/mol. The van der Waals surface area contributed by atoms with E-state index in [9.17, 15) is 0 Å². The molecule has 0 N–H and O–H groups in total. The average molecular weight is 282 g/mol. The Morgan fingerprint density at radius 1 is 1.69 bits per heavy atom. The van der Waals surface area contributed by atoms with Gasteiger partial charge >= 0.3 is 0 Å². The second-order valence-electron chi connectivity index (χ2n) is 3.75. The van der Waals surface area contributed by atoms with Crippen LogP contribution < -0.4 is 4.90 Å². The topological polar surface area (TPSA) is 49.2 Å². The van der Waals surface area contributed by atoms with Crippen molar-refractivity contribution in [1.29, 1.82) is 5.26 Å². The highest BCUT2D eigenvalue weighted by molar-refractivity contribution is 9.10. The minimum Gasteiger partial charge on any atom is -0.360 e. The Labute approximate surface area is 103 Å². The molecule has 2 rings (SSSR count). The Kier molecular flexibility index (Phi) is 3.42. The molecule has 0 saturated carbocycles. The molecular weight excluding hydrogens is 270 g/mol. The summed E-state index contributed by atoms with van der Waals surface area (Å²) in [6.45, 7) is 3.91. The first-order valence-corrected chi connectivity index (χ1v) is 5.88. The summed E-state index contributed by atoms with van der Waals surface area (Å²) in [6.07, 6.45) is 1.47. The number of pyridine rings is 1. The van der Waals surface area contributed by atoms with Gasteiger partial charge in [-0.05, 0) is 34.5 Å². The fourth-order valence-electron chi connectivity index (χ4n) is 1.68. The van der Waals surface area contributed by atoms with Gasteiger partial charge in [0, 0.05) is 12.7 Å². The number of aromatic nitrogens is 1. The van der Waals surface area contributed by atoms with Crippen LogP contribution in [-0.4, -0.2) is 30.8 Å². The fourth-order valence-corrected chi connectivity index (χ4v) is 2.39. The first-order valence-electron chi connectivity index (χ1n) is 5.09. The van der Waals surface area contributed by atoms with Gasteiger partial charge in [-0.25, -0.2) is 4.98 Å². The summed E-state index contributed by atoms with van der Waals surface area (Å²) in [5.41, 5.74) is 1.11. The van der Waals surface area contributed by atoms with Crippen LogP contribution in [-0.2, 0) is 4.74 Å². The van der Waals surface area contributed by atoms with Crippen molar-refractivity contribution in [3.8, 4) is 6.07 Å². The molecular formula is C11H12BrN3O. The van der Waals surface area contributed by atoms with Gasteiger partial charge < -0.3 is 9.64 Å². The number of rotatable bonds is 1. The molecule has 1 aliphatic heterocycles. The lowest BCUT2D eigenvalue weighted by Gasteiger charge is -2.31. The Morgan fingerprint density at radius 3 is 3.19 bits per heavy atom. The smallest absolute Gasteiger partial charge is 0.161 e. The summed E-state index contributed by atoms with van der Waals surface area (Å²) in [5.74, 6) is 0.883. The molecule has 1 aromatic heterocycles. The summed E-state index contributed by atoms with van der Waals surface area (Å²) in [6, 6.07) is 4.15. The zero-order valence-electron chi connectivity index (χ0n) is 8.98. The standard InChI is InChI=1S/C11H12BrN3O/c1-8-4-10(12)11(14-6-8)15-2-3-16-9(5-13)7-15/h4,6,9H,2-3,7H2,1H3. The largest absolute Gasteiger partial charge is 0.360 e. The number of ether oxygens (including phenoxy) is 1. The van der Waals surface area contributed by atoms with Gasteiger partial charge in [-0.2, -0.15) is 5.26 Å². The molecule has 5 heteroatoms. The van der Waals surface area contributed by atoms with E-state index in [-0.39, 0.29) is 6.10 Å². The van der Waals surface area contributed by atoms with Crippen LogP contribution in [0.3, 0.4) is 0 Å². The first-order chi connectivity index (χ1) is 7.70. The quantitative estimate of drug-likeness (QED) is 0.789. The molecule has 84 valence electrons. The molecule has 0 bridgehead atoms. The van der Waals surface area contributed by atoms with E-state index in [1.807, 2.05) is 19.2 Å². The molecule has 1 atom stereocenters. The van der Waals surface area contributed by atoms with E-state index in [4.69, 9.17) is 10.00 Å². The summed E-state index contributed by atoms with van der Waals surface area (Å²) in [4.78, 5) is 6.45. The number of nitrogens with zero attached hydrogens (tertiary/aromatic N) is 3. The average Bonchev–Trinajstić information content (AvgIpc) is 2.29. The van der Waals surface area contributed by atoms with Crippen molar-refractivity contribution in [3.05, 3.63) is 22.3 Å². The minimum absolute atomic E-state index is 0.358. The SMILES string of the molecule is Cc1cnc(N2CCOC(C#N)C2)c(Br)c1. The molecule has 0 aromatic carbocycles. The Balaban J connectivity index is 2.20. The van der Waals surface area contributed by atoms with E-state index in [1.165, 1.54) is 0 Å². The third-order valence-electron chi connectivity index (χ3n) is 2.47. The molecule has 0 aliphatic carbocycles. The molecule has 1 unspecified atom stereocenters. The number of morpholine rings is 1. The molecule has 2 heterocycles. The summed E-state index contributed by atoms with van der Waals surface area (Å²) in [7, 11) is 0. The van der Waals surface area contributed by atoms with Gasteiger partial charge in [-0.1, -0.05) is 0 Å². The molecule has 1 fully saturated rings. The molecule has 1 aromatic rings. The zero-order chi connectivity index (χ0) is 11.5. The number of halogens is 1. The first kappa shape index (κ1) is 11.4. The lowest BCUT2D eigenvalue weighted by molar-refractivity contribution is 0.0761. The summed E-state index contributed by atoms with van der Waals surface area (Å²) >= 11 is 3.50. The van der Waals surface area contributed by atoms with Crippen LogP contribution in [0.2, 0.25) is 0 Å². The minimum atomic E-state index is -0.358. The maximum atomic E-state index is 8.84. The van der Waals surface area contributed by atoms with Crippen molar-refractivity contribution < 1.29 is 4.74 Å². The van der Waals surface area contributed by atoms with E-state index in [0.29, 0.717) is 13.2 Å². The third kappa shape index (κ3) is 2.34. The van der Waals surface area contributed by atoms with Gasteiger partial charge in [-0.15, -0.1) is 0 Å². The van der Waals surface area contributed by atoms with Crippen molar-refractivity contribution >= 4 is 21.7 Å². The number of hydrogen-bond acceptors (Lipinski definition) is 4. The molecule has 0 amide bonds. The molecule has 0 spiro atoms. The third-order valence-corrected chi connectivity index (χ3v) is 3.05. The molecule has 16 heavy (non-hydrogen) atoms. The number of anilines is 1. The second-order valence-corrected chi connectivity index (χ2v) is 4.61. The van der Waals surface area contributed by atoms with E-state index in [0.717, 1.165) is 22.4 Å². The van der Waals surface area contributed by atoms with Crippen LogP contribution in [0.5, 0.6) is 0 Å². The van der Waals surface area contributed by atoms with Gasteiger partial charge in [0.2, 0.25) is 0 Å². The normalized spacial score (nSPS) is 20.6. The number of aryl methyl sites for hydroxylation is 1. The van der Waals surface area contributed by atoms with Crippen molar-refractivity contribution in [3.63, 3.8) is 0 Å². The van der Waals surface area contributed by atoms with Crippen molar-refractivity contribution in [1.82, 2.24) is 4.98 Å². The van der Waals surface area contributed by atoms with E-state index < -0.39 is 0 Å². The van der Waals surface area contributed by atoms with Crippen LogP contribution in [0.4, 0.5) is 5.82 Å². The van der Waals surface area contributed by atoms with Gasteiger partial charge in [0.15, 0.2) is 6.10 Å².